The Balaban J connectivity index is 1.59. The minimum atomic E-state index is 0.793. The van der Waals surface area contributed by atoms with E-state index in [4.69, 9.17) is 4.98 Å². The van der Waals surface area contributed by atoms with Crippen molar-refractivity contribution < 1.29 is 0 Å². The Hall–Kier alpha value is -0.410. The van der Waals surface area contributed by atoms with Gasteiger partial charge in [-0.3, -0.25) is 0 Å². The minimum absolute atomic E-state index is 0.793. The summed E-state index contributed by atoms with van der Waals surface area (Å²) in [5.41, 5.74) is 1.36. The summed E-state index contributed by atoms with van der Waals surface area (Å²) in [6.45, 7) is 2.40. The van der Waals surface area contributed by atoms with E-state index >= 15 is 0 Å². The highest BCUT2D eigenvalue weighted by Gasteiger charge is 2.21. The molecule has 0 atom stereocenters. The Bertz CT molecular complexity index is 349. The third-order valence-electron chi connectivity index (χ3n) is 4.23. The molecule has 1 aliphatic carbocycles. The van der Waals surface area contributed by atoms with E-state index in [0.29, 0.717) is 0 Å². The van der Waals surface area contributed by atoms with Gasteiger partial charge in [-0.05, 0) is 51.1 Å². The van der Waals surface area contributed by atoms with Crippen molar-refractivity contribution in [2.75, 3.05) is 13.1 Å². The van der Waals surface area contributed by atoms with Crippen LogP contribution in [0.1, 0.15) is 55.1 Å². The van der Waals surface area contributed by atoms with Crippen molar-refractivity contribution >= 4 is 11.3 Å². The Morgan fingerprint density at radius 1 is 1.18 bits per heavy atom. The Kier molecular flexibility index (Phi) is 3.77. The summed E-state index contributed by atoms with van der Waals surface area (Å²) >= 11 is 1.91. The first-order valence-corrected chi connectivity index (χ1v) is 7.95. The highest BCUT2D eigenvalue weighted by molar-refractivity contribution is 7.09. The zero-order valence-electron chi connectivity index (χ0n) is 10.5. The highest BCUT2D eigenvalue weighted by atomic mass is 32.1. The standard InChI is InChI=1S/C14H22N2S/c1-2-4-12(3-1)14-16-13(10-17-14)9-11-5-7-15-8-6-11/h10-12,15H,1-9H2. The topological polar surface area (TPSA) is 24.9 Å². The van der Waals surface area contributed by atoms with Gasteiger partial charge in [0.15, 0.2) is 0 Å². The third kappa shape index (κ3) is 2.89. The number of thiazole rings is 1. The Morgan fingerprint density at radius 2 is 1.94 bits per heavy atom. The van der Waals surface area contributed by atoms with Gasteiger partial charge in [0, 0.05) is 11.3 Å². The molecule has 0 unspecified atom stereocenters. The molecule has 1 saturated carbocycles. The van der Waals surface area contributed by atoms with Gasteiger partial charge in [0.1, 0.15) is 0 Å². The molecule has 2 aliphatic rings. The molecule has 1 aromatic rings. The van der Waals surface area contributed by atoms with Gasteiger partial charge in [-0.2, -0.15) is 0 Å². The maximum absolute atomic E-state index is 4.88. The first-order valence-electron chi connectivity index (χ1n) is 7.07. The number of nitrogens with one attached hydrogen (secondary N) is 1. The van der Waals surface area contributed by atoms with E-state index in [9.17, 15) is 0 Å². The fourth-order valence-corrected chi connectivity index (χ4v) is 4.16. The lowest BCUT2D eigenvalue weighted by molar-refractivity contribution is 0.370. The smallest absolute Gasteiger partial charge is 0.0959 e. The predicted octanol–water partition coefficient (Wildman–Crippen LogP) is 3.34. The van der Waals surface area contributed by atoms with Gasteiger partial charge in [-0.15, -0.1) is 11.3 Å². The molecule has 2 nitrogen and oxygen atoms in total. The van der Waals surface area contributed by atoms with Crippen LogP contribution in [0.15, 0.2) is 5.38 Å². The normalized spacial score (nSPS) is 23.3. The quantitative estimate of drug-likeness (QED) is 0.890. The number of hydrogen-bond donors (Lipinski definition) is 1. The minimum Gasteiger partial charge on any atom is -0.317 e. The van der Waals surface area contributed by atoms with Crippen LogP contribution < -0.4 is 5.32 Å². The largest absolute Gasteiger partial charge is 0.317 e. The lowest BCUT2D eigenvalue weighted by Gasteiger charge is -2.21. The monoisotopic (exact) mass is 250 g/mol. The zero-order chi connectivity index (χ0) is 11.5. The van der Waals surface area contributed by atoms with Crippen LogP contribution >= 0.6 is 11.3 Å². The lowest BCUT2D eigenvalue weighted by atomic mass is 9.93. The molecule has 94 valence electrons. The highest BCUT2D eigenvalue weighted by Crippen LogP contribution is 2.36. The van der Waals surface area contributed by atoms with Crippen LogP contribution in [0, 0.1) is 5.92 Å². The summed E-state index contributed by atoms with van der Waals surface area (Å²) in [5.74, 6) is 1.66. The number of hydrogen-bond acceptors (Lipinski definition) is 3. The van der Waals surface area contributed by atoms with Crippen LogP contribution in [0.5, 0.6) is 0 Å². The van der Waals surface area contributed by atoms with Crippen molar-refractivity contribution in [3.63, 3.8) is 0 Å². The van der Waals surface area contributed by atoms with Crippen LogP contribution in [0.25, 0.3) is 0 Å². The van der Waals surface area contributed by atoms with Gasteiger partial charge < -0.3 is 5.32 Å². The van der Waals surface area contributed by atoms with Crippen molar-refractivity contribution in [3.05, 3.63) is 16.1 Å². The molecule has 3 heteroatoms. The number of nitrogens with zero attached hydrogens (tertiary/aromatic N) is 1. The van der Waals surface area contributed by atoms with Crippen LogP contribution in [0.3, 0.4) is 0 Å². The summed E-state index contributed by atoms with van der Waals surface area (Å²) < 4.78 is 0. The predicted molar refractivity (Wildman–Crippen MR) is 72.6 cm³/mol. The summed E-state index contributed by atoms with van der Waals surface area (Å²) in [6, 6.07) is 0. The van der Waals surface area contributed by atoms with Crippen LogP contribution in [-0.4, -0.2) is 18.1 Å². The van der Waals surface area contributed by atoms with E-state index in [1.807, 2.05) is 11.3 Å². The Morgan fingerprint density at radius 3 is 2.71 bits per heavy atom. The van der Waals surface area contributed by atoms with Gasteiger partial charge in [-0.25, -0.2) is 4.98 Å². The van der Waals surface area contributed by atoms with Crippen molar-refractivity contribution in [1.82, 2.24) is 10.3 Å². The van der Waals surface area contributed by atoms with Crippen LogP contribution in [0.4, 0.5) is 0 Å². The van der Waals surface area contributed by atoms with Crippen molar-refractivity contribution in [3.8, 4) is 0 Å². The molecule has 1 aliphatic heterocycles. The third-order valence-corrected chi connectivity index (χ3v) is 5.29. The molecule has 2 heterocycles. The maximum atomic E-state index is 4.88. The van der Waals surface area contributed by atoms with Crippen molar-refractivity contribution in [1.29, 1.82) is 0 Å². The zero-order valence-corrected chi connectivity index (χ0v) is 11.3. The second-order valence-electron chi connectivity index (χ2n) is 5.56. The van der Waals surface area contributed by atoms with E-state index in [-0.39, 0.29) is 0 Å². The molecule has 3 rings (SSSR count). The second kappa shape index (κ2) is 5.49. The molecular formula is C14H22N2S. The Labute approximate surface area is 108 Å². The average molecular weight is 250 g/mol. The summed E-state index contributed by atoms with van der Waals surface area (Å²) in [4.78, 5) is 4.88. The molecule has 0 radical (unpaired) electrons. The van der Waals surface area contributed by atoms with E-state index < -0.39 is 0 Å². The van der Waals surface area contributed by atoms with Crippen LogP contribution in [-0.2, 0) is 6.42 Å². The van der Waals surface area contributed by atoms with Gasteiger partial charge in [0.2, 0.25) is 0 Å². The fraction of sp³-hybridized carbons (Fsp3) is 0.786. The number of rotatable bonds is 3. The molecule has 1 aromatic heterocycles. The number of piperidine rings is 1. The van der Waals surface area contributed by atoms with Gasteiger partial charge in [0.25, 0.3) is 0 Å². The fourth-order valence-electron chi connectivity index (χ4n) is 3.16. The molecular weight excluding hydrogens is 228 g/mol. The molecule has 1 N–H and O–H groups in total. The SMILES string of the molecule is c1sc(C2CCCC2)nc1CC1CCNCC1. The van der Waals surface area contributed by atoms with Gasteiger partial charge >= 0.3 is 0 Å². The van der Waals surface area contributed by atoms with Crippen molar-refractivity contribution in [2.24, 2.45) is 5.92 Å². The van der Waals surface area contributed by atoms with E-state index in [0.717, 1.165) is 11.8 Å². The molecule has 0 aromatic carbocycles. The summed E-state index contributed by atoms with van der Waals surface area (Å²) in [6.07, 6.45) is 9.44. The molecule has 0 bridgehead atoms. The first kappa shape index (κ1) is 11.7. The lowest BCUT2D eigenvalue weighted by Crippen LogP contribution is -2.28. The van der Waals surface area contributed by atoms with E-state index in [2.05, 4.69) is 10.7 Å². The molecule has 2 fully saturated rings. The molecule has 0 amide bonds. The maximum Gasteiger partial charge on any atom is 0.0959 e. The second-order valence-corrected chi connectivity index (χ2v) is 6.45. The van der Waals surface area contributed by atoms with E-state index in [1.54, 1.807) is 0 Å². The average Bonchev–Trinajstić information content (AvgIpc) is 3.00. The number of aromatic nitrogens is 1. The van der Waals surface area contributed by atoms with Crippen molar-refractivity contribution in [2.45, 2.75) is 50.9 Å². The van der Waals surface area contributed by atoms with Crippen LogP contribution in [0.2, 0.25) is 0 Å². The van der Waals surface area contributed by atoms with E-state index in [1.165, 1.54) is 68.7 Å². The first-order chi connectivity index (χ1) is 8.42. The van der Waals surface area contributed by atoms with Gasteiger partial charge in [0.05, 0.1) is 10.7 Å². The molecule has 0 spiro atoms. The molecule has 17 heavy (non-hydrogen) atoms. The van der Waals surface area contributed by atoms with Gasteiger partial charge in [-0.1, -0.05) is 12.8 Å². The molecule has 1 saturated heterocycles. The summed E-state index contributed by atoms with van der Waals surface area (Å²) in [7, 11) is 0. The summed E-state index contributed by atoms with van der Waals surface area (Å²) in [5, 5.41) is 7.17.